The summed E-state index contributed by atoms with van der Waals surface area (Å²) in [4.78, 5) is 17.1. The van der Waals surface area contributed by atoms with E-state index < -0.39 is 0 Å². The van der Waals surface area contributed by atoms with Crippen LogP contribution in [0.1, 0.15) is 0 Å². The van der Waals surface area contributed by atoms with Crippen molar-refractivity contribution in [2.24, 2.45) is 0 Å². The molecule has 0 N–H and O–H groups in total. The highest BCUT2D eigenvalue weighted by atomic mass is 79.9. The van der Waals surface area contributed by atoms with Crippen LogP contribution in [0.5, 0.6) is 0 Å². The van der Waals surface area contributed by atoms with Crippen LogP contribution in [0.25, 0.3) is 22.2 Å². The number of hydrogen-bond donors (Lipinski definition) is 0. The number of fused-ring (bicyclic) bond motifs is 5. The third-order valence-electron chi connectivity index (χ3n) is 4.70. The Labute approximate surface area is 155 Å². The van der Waals surface area contributed by atoms with Gasteiger partial charge in [0.25, 0.3) is 0 Å². The van der Waals surface area contributed by atoms with E-state index in [2.05, 4.69) is 49.7 Å². The Bertz CT molecular complexity index is 961. The van der Waals surface area contributed by atoms with E-state index in [4.69, 9.17) is 0 Å². The van der Waals surface area contributed by atoms with Crippen molar-refractivity contribution in [3.8, 4) is 11.3 Å². The Morgan fingerprint density at radius 1 is 1.12 bits per heavy atom. The molecule has 1 aliphatic rings. The summed E-state index contributed by atoms with van der Waals surface area (Å²) in [6.07, 6.45) is 0. The van der Waals surface area contributed by atoms with Gasteiger partial charge in [-0.2, -0.15) is 0 Å². The summed E-state index contributed by atoms with van der Waals surface area (Å²) in [7, 11) is 4.06. The molecule has 0 saturated heterocycles. The molecule has 0 saturated carbocycles. The molecule has 1 amide bonds. The van der Waals surface area contributed by atoms with Crippen LogP contribution in [0.4, 0.5) is 5.69 Å². The number of anilines is 1. The van der Waals surface area contributed by atoms with Gasteiger partial charge in [-0.3, -0.25) is 4.79 Å². The van der Waals surface area contributed by atoms with Crippen LogP contribution in [-0.2, 0) is 11.3 Å². The average Bonchev–Trinajstić information content (AvgIpc) is 2.89. The molecule has 0 fully saturated rings. The summed E-state index contributed by atoms with van der Waals surface area (Å²) in [5, 5.41) is 1.16. The standard InChI is InChI=1S/C20H20BrN3O/c1-22(2)9-10-23-18-8-7-15(21)12-16(18)19-11-14-5-3-4-6-17(14)24(19)13-20(23)25/h3-8,11-12H,9-10,13H2,1-2H3. The first-order chi connectivity index (χ1) is 12.0. The van der Waals surface area contributed by atoms with Crippen molar-refractivity contribution < 1.29 is 4.79 Å². The maximum atomic E-state index is 13.1. The largest absolute Gasteiger partial charge is 0.331 e. The van der Waals surface area contributed by atoms with Crippen molar-refractivity contribution in [1.82, 2.24) is 9.47 Å². The molecule has 0 spiro atoms. The van der Waals surface area contributed by atoms with Gasteiger partial charge in [0.05, 0.1) is 11.4 Å². The molecule has 0 unspecified atom stereocenters. The third-order valence-corrected chi connectivity index (χ3v) is 5.19. The molecular formula is C20H20BrN3O. The normalized spacial score (nSPS) is 13.9. The maximum absolute atomic E-state index is 13.1. The quantitative estimate of drug-likeness (QED) is 0.668. The van der Waals surface area contributed by atoms with Crippen LogP contribution in [0.15, 0.2) is 53.0 Å². The number of carbonyl (C=O) groups excluding carboxylic acids is 1. The van der Waals surface area contributed by atoms with E-state index in [-0.39, 0.29) is 5.91 Å². The Morgan fingerprint density at radius 3 is 2.72 bits per heavy atom. The molecule has 128 valence electrons. The minimum absolute atomic E-state index is 0.130. The number of halogens is 1. The number of likely N-dealkylation sites (N-methyl/N-ethyl adjacent to an activating group) is 1. The molecule has 3 aromatic rings. The number of rotatable bonds is 3. The van der Waals surface area contributed by atoms with Gasteiger partial charge in [-0.05, 0) is 44.4 Å². The van der Waals surface area contributed by atoms with Gasteiger partial charge in [0.1, 0.15) is 6.54 Å². The van der Waals surface area contributed by atoms with Crippen LogP contribution in [0.2, 0.25) is 0 Å². The first kappa shape index (κ1) is 16.4. The summed E-state index contributed by atoms with van der Waals surface area (Å²) < 4.78 is 3.16. The molecule has 4 nitrogen and oxygen atoms in total. The van der Waals surface area contributed by atoms with Gasteiger partial charge in [-0.1, -0.05) is 34.1 Å². The Hall–Kier alpha value is -2.11. The first-order valence-corrected chi connectivity index (χ1v) is 9.17. The van der Waals surface area contributed by atoms with E-state index in [0.29, 0.717) is 13.1 Å². The second kappa shape index (κ2) is 6.32. The fourth-order valence-corrected chi connectivity index (χ4v) is 3.81. The van der Waals surface area contributed by atoms with Crippen LogP contribution < -0.4 is 4.90 Å². The molecule has 0 bridgehead atoms. The van der Waals surface area contributed by atoms with Crippen molar-refractivity contribution in [2.45, 2.75) is 6.54 Å². The fourth-order valence-electron chi connectivity index (χ4n) is 3.45. The molecule has 0 atom stereocenters. The molecule has 25 heavy (non-hydrogen) atoms. The number of amides is 1. The van der Waals surface area contributed by atoms with Crippen molar-refractivity contribution in [2.75, 3.05) is 32.1 Å². The number of carbonyl (C=O) groups is 1. The van der Waals surface area contributed by atoms with E-state index in [1.807, 2.05) is 43.3 Å². The minimum atomic E-state index is 0.130. The summed E-state index contributed by atoms with van der Waals surface area (Å²) in [5.41, 5.74) is 4.27. The van der Waals surface area contributed by atoms with Crippen LogP contribution in [0, 0.1) is 0 Å². The second-order valence-electron chi connectivity index (χ2n) is 6.68. The average molecular weight is 398 g/mol. The van der Waals surface area contributed by atoms with Crippen molar-refractivity contribution in [1.29, 1.82) is 0 Å². The molecule has 4 rings (SSSR count). The first-order valence-electron chi connectivity index (χ1n) is 8.38. The lowest BCUT2D eigenvalue weighted by Gasteiger charge is -2.24. The lowest BCUT2D eigenvalue weighted by Crippen LogP contribution is -2.37. The molecule has 0 aliphatic carbocycles. The molecule has 2 aromatic carbocycles. The van der Waals surface area contributed by atoms with Gasteiger partial charge in [0.15, 0.2) is 0 Å². The number of hydrogen-bond acceptors (Lipinski definition) is 2. The van der Waals surface area contributed by atoms with Crippen LogP contribution in [0.3, 0.4) is 0 Å². The smallest absolute Gasteiger partial charge is 0.247 e. The highest BCUT2D eigenvalue weighted by Crippen LogP contribution is 2.39. The predicted octanol–water partition coefficient (Wildman–Crippen LogP) is 3.98. The summed E-state index contributed by atoms with van der Waals surface area (Å²) in [6, 6.07) is 16.6. The number of benzene rings is 2. The van der Waals surface area contributed by atoms with Gasteiger partial charge in [-0.25, -0.2) is 0 Å². The van der Waals surface area contributed by atoms with Crippen molar-refractivity contribution in [3.05, 3.63) is 53.0 Å². The van der Waals surface area contributed by atoms with Crippen molar-refractivity contribution in [3.63, 3.8) is 0 Å². The lowest BCUT2D eigenvalue weighted by molar-refractivity contribution is -0.119. The van der Waals surface area contributed by atoms with Crippen molar-refractivity contribution >= 4 is 38.4 Å². The Morgan fingerprint density at radius 2 is 1.92 bits per heavy atom. The number of para-hydroxylation sites is 1. The zero-order chi connectivity index (χ0) is 17.6. The highest BCUT2D eigenvalue weighted by Gasteiger charge is 2.27. The molecule has 1 aliphatic heterocycles. The molecule has 0 radical (unpaired) electrons. The van der Waals surface area contributed by atoms with E-state index in [9.17, 15) is 4.79 Å². The van der Waals surface area contributed by atoms with E-state index in [0.717, 1.165) is 38.9 Å². The predicted molar refractivity (Wildman–Crippen MR) is 106 cm³/mol. The zero-order valence-corrected chi connectivity index (χ0v) is 16.0. The number of aromatic nitrogens is 1. The molecule has 5 heteroatoms. The monoisotopic (exact) mass is 397 g/mol. The minimum Gasteiger partial charge on any atom is -0.331 e. The Kier molecular flexibility index (Phi) is 4.13. The molecule has 1 aromatic heterocycles. The van der Waals surface area contributed by atoms with E-state index in [1.165, 1.54) is 0 Å². The highest BCUT2D eigenvalue weighted by molar-refractivity contribution is 9.10. The van der Waals surface area contributed by atoms with Gasteiger partial charge < -0.3 is 14.4 Å². The summed E-state index contributed by atoms with van der Waals surface area (Å²) in [6.45, 7) is 1.88. The summed E-state index contributed by atoms with van der Waals surface area (Å²) >= 11 is 3.59. The van der Waals surface area contributed by atoms with Gasteiger partial charge in [0, 0.05) is 34.0 Å². The fraction of sp³-hybridized carbons (Fsp3) is 0.250. The maximum Gasteiger partial charge on any atom is 0.247 e. The van der Waals surface area contributed by atoms with Gasteiger partial charge in [0.2, 0.25) is 5.91 Å². The topological polar surface area (TPSA) is 28.5 Å². The van der Waals surface area contributed by atoms with E-state index >= 15 is 0 Å². The number of nitrogens with zero attached hydrogens (tertiary/aromatic N) is 3. The van der Waals surface area contributed by atoms with Crippen LogP contribution >= 0.6 is 15.9 Å². The lowest BCUT2D eigenvalue weighted by atomic mass is 10.1. The Balaban J connectivity index is 1.92. The zero-order valence-electron chi connectivity index (χ0n) is 14.4. The SMILES string of the molecule is CN(C)CCN1C(=O)Cn2c(cc3ccccc32)-c2cc(Br)ccc21. The summed E-state index contributed by atoms with van der Waals surface area (Å²) in [5.74, 6) is 0.130. The third kappa shape index (κ3) is 2.87. The van der Waals surface area contributed by atoms with Gasteiger partial charge in [-0.15, -0.1) is 0 Å². The molecular weight excluding hydrogens is 378 g/mol. The second-order valence-corrected chi connectivity index (χ2v) is 7.60. The van der Waals surface area contributed by atoms with Crippen LogP contribution in [-0.4, -0.2) is 42.6 Å². The van der Waals surface area contributed by atoms with E-state index in [1.54, 1.807) is 0 Å². The van der Waals surface area contributed by atoms with Gasteiger partial charge >= 0.3 is 0 Å². The molecule has 2 heterocycles.